The number of rotatable bonds is 10. The van der Waals surface area contributed by atoms with Crippen molar-refractivity contribution in [3.63, 3.8) is 0 Å². The molecule has 26 heavy (non-hydrogen) atoms. The van der Waals surface area contributed by atoms with Gasteiger partial charge < -0.3 is 15.0 Å². The van der Waals surface area contributed by atoms with E-state index < -0.39 is 0 Å². The van der Waals surface area contributed by atoms with Crippen LogP contribution in [0.3, 0.4) is 0 Å². The number of amides is 1. The van der Waals surface area contributed by atoms with Crippen LogP contribution in [0.2, 0.25) is 0 Å². The van der Waals surface area contributed by atoms with Crippen molar-refractivity contribution < 1.29 is 14.3 Å². The average molecular weight is 360 g/mol. The summed E-state index contributed by atoms with van der Waals surface area (Å²) in [6.07, 6.45) is 4.62. The number of benzene rings is 1. The van der Waals surface area contributed by atoms with E-state index in [0.717, 1.165) is 44.6 Å². The summed E-state index contributed by atoms with van der Waals surface area (Å²) in [6, 6.07) is 7.42. The summed E-state index contributed by atoms with van der Waals surface area (Å²) in [6.45, 7) is 8.14. The molecule has 1 fully saturated rings. The van der Waals surface area contributed by atoms with E-state index in [0.29, 0.717) is 12.2 Å². The highest BCUT2D eigenvalue weighted by Gasteiger charge is 2.20. The molecule has 0 spiro atoms. The molecule has 2 rings (SSSR count). The van der Waals surface area contributed by atoms with Crippen LogP contribution in [0, 0.1) is 0 Å². The Kier molecular flexibility index (Phi) is 8.62. The number of nitrogens with one attached hydrogen (secondary N) is 1. The second-order valence-electron chi connectivity index (χ2n) is 6.98. The quantitative estimate of drug-likeness (QED) is 0.650. The van der Waals surface area contributed by atoms with E-state index in [1.54, 1.807) is 12.1 Å². The standard InChI is InChI=1S/C21H32N2O3/c1-3-13-23-14-11-18(12-15-23)22-21(25)10-9-20(24)17-5-7-19(8-6-17)26-16-4-2/h5-8,18H,3-4,9-16H2,1-2H3,(H,22,25). The van der Waals surface area contributed by atoms with E-state index in [-0.39, 0.29) is 30.6 Å². The minimum absolute atomic E-state index is 0.0000402. The molecule has 144 valence electrons. The smallest absolute Gasteiger partial charge is 0.220 e. The molecule has 1 aliphatic heterocycles. The first-order chi connectivity index (χ1) is 12.6. The maximum absolute atomic E-state index is 12.3. The van der Waals surface area contributed by atoms with Crippen LogP contribution in [0.4, 0.5) is 0 Å². The molecule has 1 aromatic rings. The lowest BCUT2D eigenvalue weighted by Gasteiger charge is -2.32. The SMILES string of the molecule is CCCOc1ccc(C(=O)CCC(=O)NC2CCN(CCC)CC2)cc1. The lowest BCUT2D eigenvalue weighted by Crippen LogP contribution is -2.44. The van der Waals surface area contributed by atoms with Crippen molar-refractivity contribution >= 4 is 11.7 Å². The molecule has 1 aromatic carbocycles. The van der Waals surface area contributed by atoms with Gasteiger partial charge in [0.25, 0.3) is 0 Å². The summed E-state index contributed by atoms with van der Waals surface area (Å²) in [5, 5.41) is 3.08. The number of carbonyl (C=O) groups is 2. The fraction of sp³-hybridized carbons (Fsp3) is 0.619. The van der Waals surface area contributed by atoms with Crippen LogP contribution in [0.5, 0.6) is 5.75 Å². The van der Waals surface area contributed by atoms with Gasteiger partial charge in [-0.25, -0.2) is 0 Å². The molecule has 0 aliphatic carbocycles. The van der Waals surface area contributed by atoms with Gasteiger partial charge in [-0.2, -0.15) is 0 Å². The Morgan fingerprint density at radius 1 is 1.08 bits per heavy atom. The van der Waals surface area contributed by atoms with Crippen molar-refractivity contribution in [2.45, 2.75) is 58.4 Å². The topological polar surface area (TPSA) is 58.6 Å². The van der Waals surface area contributed by atoms with E-state index in [1.807, 2.05) is 12.1 Å². The fourth-order valence-corrected chi connectivity index (χ4v) is 3.25. The number of hydrogen-bond acceptors (Lipinski definition) is 4. The maximum atomic E-state index is 12.3. The van der Waals surface area contributed by atoms with E-state index in [9.17, 15) is 9.59 Å². The van der Waals surface area contributed by atoms with Crippen LogP contribution >= 0.6 is 0 Å². The number of carbonyl (C=O) groups excluding carboxylic acids is 2. The summed E-state index contributed by atoms with van der Waals surface area (Å²) in [5.74, 6) is 0.755. The molecule has 0 radical (unpaired) electrons. The van der Waals surface area contributed by atoms with Crippen LogP contribution in [0.1, 0.15) is 62.7 Å². The van der Waals surface area contributed by atoms with Gasteiger partial charge in [-0.05, 0) is 56.5 Å². The molecule has 0 atom stereocenters. The molecule has 5 heteroatoms. The second kappa shape index (κ2) is 11.0. The van der Waals surface area contributed by atoms with Crippen molar-refractivity contribution in [1.29, 1.82) is 0 Å². The van der Waals surface area contributed by atoms with Gasteiger partial charge in [0.05, 0.1) is 6.61 Å². The normalized spacial score (nSPS) is 15.6. The van der Waals surface area contributed by atoms with Crippen molar-refractivity contribution in [1.82, 2.24) is 10.2 Å². The predicted octanol–water partition coefficient (Wildman–Crippen LogP) is 3.43. The molecule has 0 unspecified atom stereocenters. The third-order valence-corrected chi connectivity index (χ3v) is 4.72. The number of nitrogens with zero attached hydrogens (tertiary/aromatic N) is 1. The van der Waals surface area contributed by atoms with Crippen LogP contribution in [0.15, 0.2) is 24.3 Å². The Hall–Kier alpha value is -1.88. The van der Waals surface area contributed by atoms with Gasteiger partial charge >= 0.3 is 0 Å². The third-order valence-electron chi connectivity index (χ3n) is 4.72. The van der Waals surface area contributed by atoms with Gasteiger partial charge in [-0.15, -0.1) is 0 Å². The van der Waals surface area contributed by atoms with Crippen LogP contribution in [-0.4, -0.2) is 48.9 Å². The lowest BCUT2D eigenvalue weighted by atomic mass is 10.0. The maximum Gasteiger partial charge on any atom is 0.220 e. The van der Waals surface area contributed by atoms with Crippen molar-refractivity contribution in [3.8, 4) is 5.75 Å². The van der Waals surface area contributed by atoms with E-state index in [2.05, 4.69) is 24.1 Å². The highest BCUT2D eigenvalue weighted by Crippen LogP contribution is 2.15. The van der Waals surface area contributed by atoms with E-state index in [4.69, 9.17) is 4.74 Å². The molecule has 0 saturated carbocycles. The number of ketones is 1. The summed E-state index contributed by atoms with van der Waals surface area (Å²) in [5.41, 5.74) is 0.634. The van der Waals surface area contributed by atoms with Gasteiger partial charge in [-0.1, -0.05) is 13.8 Å². The Bertz CT molecular complexity index is 563. The predicted molar refractivity (Wildman–Crippen MR) is 104 cm³/mol. The Morgan fingerprint density at radius 2 is 1.77 bits per heavy atom. The Morgan fingerprint density at radius 3 is 2.38 bits per heavy atom. The number of Topliss-reactive ketones (excluding diaryl/α,β-unsaturated/α-hetero) is 1. The van der Waals surface area contributed by atoms with Gasteiger partial charge in [-0.3, -0.25) is 9.59 Å². The average Bonchev–Trinajstić information content (AvgIpc) is 2.66. The number of likely N-dealkylation sites (tertiary alicyclic amines) is 1. The highest BCUT2D eigenvalue weighted by molar-refractivity contribution is 5.98. The largest absolute Gasteiger partial charge is 0.494 e. The molecule has 1 aliphatic rings. The van der Waals surface area contributed by atoms with Crippen molar-refractivity contribution in [2.24, 2.45) is 0 Å². The van der Waals surface area contributed by atoms with Crippen LogP contribution in [0.25, 0.3) is 0 Å². The molecular weight excluding hydrogens is 328 g/mol. The minimum Gasteiger partial charge on any atom is -0.494 e. The second-order valence-corrected chi connectivity index (χ2v) is 6.98. The summed E-state index contributed by atoms with van der Waals surface area (Å²) >= 11 is 0. The zero-order chi connectivity index (χ0) is 18.8. The van der Waals surface area contributed by atoms with E-state index >= 15 is 0 Å². The molecule has 1 N–H and O–H groups in total. The molecule has 1 heterocycles. The summed E-state index contributed by atoms with van der Waals surface area (Å²) in [7, 11) is 0. The molecule has 1 amide bonds. The lowest BCUT2D eigenvalue weighted by molar-refractivity contribution is -0.122. The highest BCUT2D eigenvalue weighted by atomic mass is 16.5. The van der Waals surface area contributed by atoms with Gasteiger partial charge in [0, 0.05) is 37.5 Å². The van der Waals surface area contributed by atoms with Crippen LogP contribution in [-0.2, 0) is 4.79 Å². The van der Waals surface area contributed by atoms with Crippen molar-refractivity contribution in [2.75, 3.05) is 26.2 Å². The monoisotopic (exact) mass is 360 g/mol. The fourth-order valence-electron chi connectivity index (χ4n) is 3.25. The number of hydrogen-bond donors (Lipinski definition) is 1. The Balaban J connectivity index is 1.69. The zero-order valence-corrected chi connectivity index (χ0v) is 16.1. The number of ether oxygens (including phenoxy) is 1. The minimum atomic E-state index is -0.0183. The van der Waals surface area contributed by atoms with Gasteiger partial charge in [0.1, 0.15) is 5.75 Å². The third kappa shape index (κ3) is 6.79. The zero-order valence-electron chi connectivity index (χ0n) is 16.1. The number of piperidine rings is 1. The Labute approximate surface area is 157 Å². The first-order valence-corrected chi connectivity index (χ1v) is 9.90. The van der Waals surface area contributed by atoms with Gasteiger partial charge in [0.2, 0.25) is 5.91 Å². The first kappa shape index (κ1) is 20.4. The van der Waals surface area contributed by atoms with Gasteiger partial charge in [0.15, 0.2) is 5.78 Å². The van der Waals surface area contributed by atoms with Crippen LogP contribution < -0.4 is 10.1 Å². The molecule has 1 saturated heterocycles. The van der Waals surface area contributed by atoms with Crippen molar-refractivity contribution in [3.05, 3.63) is 29.8 Å². The molecule has 0 bridgehead atoms. The van der Waals surface area contributed by atoms with E-state index in [1.165, 1.54) is 6.42 Å². The molecular formula is C21H32N2O3. The molecule has 0 aromatic heterocycles. The summed E-state index contributed by atoms with van der Waals surface area (Å²) < 4.78 is 5.52. The summed E-state index contributed by atoms with van der Waals surface area (Å²) in [4.78, 5) is 26.8. The molecule has 5 nitrogen and oxygen atoms in total. The first-order valence-electron chi connectivity index (χ1n) is 9.90.